The number of hydrogen-bond acceptors (Lipinski definition) is 1. The van der Waals surface area contributed by atoms with Gasteiger partial charge in [-0.1, -0.05) is 40.9 Å². The van der Waals surface area contributed by atoms with Gasteiger partial charge in [-0.2, -0.15) is 0 Å². The number of halogens is 2. The maximum atomic E-state index is 6.05. The fourth-order valence-corrected chi connectivity index (χ4v) is 2.03. The van der Waals surface area contributed by atoms with Gasteiger partial charge in [-0.05, 0) is 32.9 Å². The Bertz CT molecular complexity index is 272. The molecule has 0 spiro atoms. The van der Waals surface area contributed by atoms with Crippen molar-refractivity contribution in [3.05, 3.63) is 29.8 Å². The third kappa shape index (κ3) is 2.79. The Morgan fingerprint density at radius 3 is 1.79 bits per heavy atom. The molecule has 0 heterocycles. The van der Waals surface area contributed by atoms with Gasteiger partial charge < -0.3 is 4.90 Å². The van der Waals surface area contributed by atoms with Gasteiger partial charge in [-0.15, -0.1) is 0 Å². The van der Waals surface area contributed by atoms with E-state index in [9.17, 15) is 0 Å². The van der Waals surface area contributed by atoms with E-state index in [2.05, 4.69) is 19.1 Å². The standard InChI is InChI=1S/C11H15Cl2N/c1-8-4-6-11(7-5-8)14(9(2)12)10(3)13/h4-7,9-10H,1-3H3. The molecule has 0 bridgehead atoms. The first-order chi connectivity index (χ1) is 6.52. The van der Waals surface area contributed by atoms with Crippen LogP contribution in [-0.4, -0.2) is 11.0 Å². The van der Waals surface area contributed by atoms with Crippen LogP contribution in [0.15, 0.2) is 24.3 Å². The number of rotatable bonds is 3. The molecule has 1 aromatic carbocycles. The fraction of sp³-hybridized carbons (Fsp3) is 0.455. The Kier molecular flexibility index (Phi) is 4.09. The molecule has 2 unspecified atom stereocenters. The Hall–Kier alpha value is -0.400. The third-order valence-corrected chi connectivity index (χ3v) is 2.52. The smallest absolute Gasteiger partial charge is 0.102 e. The van der Waals surface area contributed by atoms with Crippen molar-refractivity contribution in [2.75, 3.05) is 4.90 Å². The number of nitrogens with zero attached hydrogens (tertiary/aromatic N) is 1. The second-order valence-corrected chi connectivity index (χ2v) is 4.65. The number of hydrogen-bond donors (Lipinski definition) is 0. The predicted molar refractivity (Wildman–Crippen MR) is 64.3 cm³/mol. The highest BCUT2D eigenvalue weighted by molar-refractivity contribution is 6.25. The number of aryl methyl sites for hydroxylation is 1. The molecule has 14 heavy (non-hydrogen) atoms. The molecule has 78 valence electrons. The lowest BCUT2D eigenvalue weighted by Crippen LogP contribution is -2.34. The van der Waals surface area contributed by atoms with Gasteiger partial charge in [0.05, 0.1) is 0 Å². The normalized spacial score (nSPS) is 14.9. The molecule has 3 heteroatoms. The Morgan fingerprint density at radius 1 is 1.00 bits per heavy atom. The summed E-state index contributed by atoms with van der Waals surface area (Å²) in [6.45, 7) is 5.89. The molecule has 2 atom stereocenters. The molecule has 0 fully saturated rings. The van der Waals surface area contributed by atoms with Crippen LogP contribution in [-0.2, 0) is 0 Å². The maximum Gasteiger partial charge on any atom is 0.102 e. The molecule has 0 aromatic heterocycles. The van der Waals surface area contributed by atoms with Gasteiger partial charge in [0, 0.05) is 5.69 Å². The van der Waals surface area contributed by atoms with E-state index in [4.69, 9.17) is 23.2 Å². The molecule has 0 aliphatic rings. The topological polar surface area (TPSA) is 3.24 Å². The largest absolute Gasteiger partial charge is 0.339 e. The van der Waals surface area contributed by atoms with Crippen LogP contribution in [0.1, 0.15) is 19.4 Å². The highest BCUT2D eigenvalue weighted by Gasteiger charge is 2.16. The van der Waals surface area contributed by atoms with E-state index in [0.29, 0.717) is 0 Å². The highest BCUT2D eigenvalue weighted by atomic mass is 35.5. The van der Waals surface area contributed by atoms with Crippen LogP contribution >= 0.6 is 23.2 Å². The monoisotopic (exact) mass is 231 g/mol. The summed E-state index contributed by atoms with van der Waals surface area (Å²) in [5.41, 5.74) is 2.08. The van der Waals surface area contributed by atoms with Gasteiger partial charge in [-0.3, -0.25) is 0 Å². The van der Waals surface area contributed by atoms with E-state index in [-0.39, 0.29) is 11.0 Å². The molecule has 0 radical (unpaired) electrons. The first-order valence-electron chi connectivity index (χ1n) is 4.65. The molecular weight excluding hydrogens is 217 g/mol. The summed E-state index contributed by atoms with van der Waals surface area (Å²) in [6.07, 6.45) is 0. The van der Waals surface area contributed by atoms with Gasteiger partial charge in [0.2, 0.25) is 0 Å². The van der Waals surface area contributed by atoms with Gasteiger partial charge in [-0.25, -0.2) is 0 Å². The summed E-state index contributed by atoms with van der Waals surface area (Å²) in [6, 6.07) is 8.18. The second kappa shape index (κ2) is 4.90. The summed E-state index contributed by atoms with van der Waals surface area (Å²) in [7, 11) is 0. The van der Waals surface area contributed by atoms with Crippen LogP contribution < -0.4 is 4.90 Å². The molecule has 1 nitrogen and oxygen atoms in total. The van der Waals surface area contributed by atoms with E-state index in [1.54, 1.807) is 0 Å². The van der Waals surface area contributed by atoms with Crippen molar-refractivity contribution in [1.82, 2.24) is 0 Å². The number of alkyl halides is 2. The summed E-state index contributed by atoms with van der Waals surface area (Å²) < 4.78 is 0. The minimum absolute atomic E-state index is 0.106. The minimum Gasteiger partial charge on any atom is -0.339 e. The van der Waals surface area contributed by atoms with Crippen LogP contribution in [0.25, 0.3) is 0 Å². The van der Waals surface area contributed by atoms with Crippen molar-refractivity contribution < 1.29 is 0 Å². The molecule has 1 rings (SSSR count). The lowest BCUT2D eigenvalue weighted by atomic mass is 10.2. The van der Waals surface area contributed by atoms with E-state index in [0.717, 1.165) is 5.69 Å². The lowest BCUT2D eigenvalue weighted by molar-refractivity contribution is 0.769. The van der Waals surface area contributed by atoms with Crippen molar-refractivity contribution >= 4 is 28.9 Å². The SMILES string of the molecule is Cc1ccc(N(C(C)Cl)C(C)Cl)cc1. The zero-order valence-electron chi connectivity index (χ0n) is 8.67. The second-order valence-electron chi connectivity index (χ2n) is 3.39. The average molecular weight is 232 g/mol. The number of benzene rings is 1. The van der Waals surface area contributed by atoms with E-state index in [1.165, 1.54) is 5.56 Å². The molecule has 1 aromatic rings. The summed E-state index contributed by atoms with van der Waals surface area (Å²) >= 11 is 12.1. The molecule has 0 saturated carbocycles. The van der Waals surface area contributed by atoms with Gasteiger partial charge in [0.1, 0.15) is 11.0 Å². The van der Waals surface area contributed by atoms with Crippen molar-refractivity contribution in [2.24, 2.45) is 0 Å². The van der Waals surface area contributed by atoms with E-state index in [1.807, 2.05) is 30.9 Å². The van der Waals surface area contributed by atoms with Crippen LogP contribution in [0.3, 0.4) is 0 Å². The molecular formula is C11H15Cl2N. The summed E-state index contributed by atoms with van der Waals surface area (Å²) in [4.78, 5) is 1.96. The van der Waals surface area contributed by atoms with Crippen molar-refractivity contribution in [3.63, 3.8) is 0 Å². The fourth-order valence-electron chi connectivity index (χ4n) is 1.41. The highest BCUT2D eigenvalue weighted by Crippen LogP contribution is 2.23. The lowest BCUT2D eigenvalue weighted by Gasteiger charge is -2.29. The summed E-state index contributed by atoms with van der Waals surface area (Å²) in [5, 5.41) is 0. The Balaban J connectivity index is 2.94. The third-order valence-electron chi connectivity index (χ3n) is 2.10. The van der Waals surface area contributed by atoms with E-state index < -0.39 is 0 Å². The average Bonchev–Trinajstić information content (AvgIpc) is 2.07. The maximum absolute atomic E-state index is 6.05. The Labute approximate surface area is 95.6 Å². The van der Waals surface area contributed by atoms with Crippen LogP contribution in [0.2, 0.25) is 0 Å². The van der Waals surface area contributed by atoms with Crippen LogP contribution in [0.5, 0.6) is 0 Å². The zero-order chi connectivity index (χ0) is 10.7. The molecule has 0 amide bonds. The van der Waals surface area contributed by atoms with Crippen molar-refractivity contribution in [1.29, 1.82) is 0 Å². The van der Waals surface area contributed by atoms with Gasteiger partial charge in [0.25, 0.3) is 0 Å². The quantitative estimate of drug-likeness (QED) is 0.563. The molecule has 0 aliphatic heterocycles. The van der Waals surface area contributed by atoms with Crippen molar-refractivity contribution in [2.45, 2.75) is 31.8 Å². The van der Waals surface area contributed by atoms with Crippen molar-refractivity contribution in [3.8, 4) is 0 Å². The number of anilines is 1. The summed E-state index contributed by atoms with van der Waals surface area (Å²) in [5.74, 6) is 0. The first-order valence-corrected chi connectivity index (χ1v) is 5.53. The van der Waals surface area contributed by atoms with E-state index >= 15 is 0 Å². The van der Waals surface area contributed by atoms with Crippen LogP contribution in [0, 0.1) is 6.92 Å². The first kappa shape index (κ1) is 11.7. The molecule has 0 aliphatic carbocycles. The molecule has 0 saturated heterocycles. The zero-order valence-corrected chi connectivity index (χ0v) is 10.2. The predicted octanol–water partition coefficient (Wildman–Crippen LogP) is 3.97. The van der Waals surface area contributed by atoms with Gasteiger partial charge in [0.15, 0.2) is 0 Å². The van der Waals surface area contributed by atoms with Gasteiger partial charge >= 0.3 is 0 Å². The molecule has 0 N–H and O–H groups in total. The Morgan fingerprint density at radius 2 is 1.43 bits per heavy atom. The van der Waals surface area contributed by atoms with Crippen LogP contribution in [0.4, 0.5) is 5.69 Å². The minimum atomic E-state index is -0.106.